The molecule has 0 radical (unpaired) electrons. The van der Waals surface area contributed by atoms with Gasteiger partial charge in [-0.2, -0.15) is 4.31 Å². The zero-order valence-corrected chi connectivity index (χ0v) is 14.8. The second-order valence-electron chi connectivity index (χ2n) is 5.41. The van der Waals surface area contributed by atoms with Crippen LogP contribution in [0.1, 0.15) is 14.5 Å². The molecule has 1 aromatic heterocycles. The Labute approximate surface area is 145 Å². The van der Waals surface area contributed by atoms with Crippen LogP contribution in [0.4, 0.5) is 5.69 Å². The maximum atomic E-state index is 12.5. The van der Waals surface area contributed by atoms with Crippen LogP contribution in [0.15, 0.2) is 41.3 Å². The van der Waals surface area contributed by atoms with Gasteiger partial charge < -0.3 is 10.1 Å². The third-order valence-electron chi connectivity index (χ3n) is 3.68. The molecular formula is C16H18N2O4S2. The number of nitrogens with one attached hydrogen (secondary N) is 1. The minimum atomic E-state index is -3.51. The number of rotatable bonds is 4. The number of sulfonamides is 1. The summed E-state index contributed by atoms with van der Waals surface area (Å²) in [6.45, 7) is 3.48. The van der Waals surface area contributed by atoms with E-state index in [9.17, 15) is 13.2 Å². The summed E-state index contributed by atoms with van der Waals surface area (Å²) >= 11 is 1.41. The number of carbonyl (C=O) groups excluding carboxylic acids is 1. The summed E-state index contributed by atoms with van der Waals surface area (Å²) in [5.41, 5.74) is 0.562. The van der Waals surface area contributed by atoms with Gasteiger partial charge in [0.1, 0.15) is 0 Å². The topological polar surface area (TPSA) is 75.7 Å². The van der Waals surface area contributed by atoms with Crippen molar-refractivity contribution in [3.05, 3.63) is 46.2 Å². The van der Waals surface area contributed by atoms with E-state index in [2.05, 4.69) is 5.32 Å². The van der Waals surface area contributed by atoms with Crippen LogP contribution in [0.5, 0.6) is 0 Å². The van der Waals surface area contributed by atoms with E-state index in [1.165, 1.54) is 27.8 Å². The SMILES string of the molecule is Cc1ccc(C(=O)Nc2ccc(S(=O)(=O)N3CCOCC3)cc2)s1. The molecule has 1 fully saturated rings. The van der Waals surface area contributed by atoms with E-state index in [4.69, 9.17) is 4.74 Å². The molecule has 1 amide bonds. The molecule has 1 N–H and O–H groups in total. The van der Waals surface area contributed by atoms with E-state index in [1.807, 2.05) is 13.0 Å². The Balaban J connectivity index is 1.72. The Morgan fingerprint density at radius 2 is 1.79 bits per heavy atom. The highest BCUT2D eigenvalue weighted by Gasteiger charge is 2.26. The lowest BCUT2D eigenvalue weighted by molar-refractivity contribution is 0.0730. The quantitative estimate of drug-likeness (QED) is 0.901. The van der Waals surface area contributed by atoms with Gasteiger partial charge in [0.15, 0.2) is 0 Å². The van der Waals surface area contributed by atoms with Crippen molar-refractivity contribution in [2.24, 2.45) is 0 Å². The molecule has 0 aliphatic carbocycles. The first kappa shape index (κ1) is 17.1. The molecule has 0 unspecified atom stereocenters. The van der Waals surface area contributed by atoms with Crippen molar-refractivity contribution in [1.29, 1.82) is 0 Å². The molecule has 128 valence electrons. The van der Waals surface area contributed by atoms with Crippen molar-refractivity contribution >= 4 is 33.0 Å². The molecule has 24 heavy (non-hydrogen) atoms. The van der Waals surface area contributed by atoms with Gasteiger partial charge in [-0.1, -0.05) is 0 Å². The Morgan fingerprint density at radius 3 is 2.38 bits per heavy atom. The molecule has 2 heterocycles. The van der Waals surface area contributed by atoms with E-state index in [0.717, 1.165) is 4.88 Å². The predicted octanol–water partition coefficient (Wildman–Crippen LogP) is 2.33. The molecule has 0 saturated carbocycles. The van der Waals surface area contributed by atoms with Gasteiger partial charge in [0.05, 0.1) is 23.0 Å². The largest absolute Gasteiger partial charge is 0.379 e. The first-order valence-corrected chi connectivity index (χ1v) is 9.78. The average Bonchev–Trinajstić information content (AvgIpc) is 3.03. The van der Waals surface area contributed by atoms with Crippen LogP contribution in [0.25, 0.3) is 0 Å². The third kappa shape index (κ3) is 3.67. The van der Waals surface area contributed by atoms with Crippen molar-refractivity contribution in [3.63, 3.8) is 0 Å². The molecule has 1 aliphatic rings. The lowest BCUT2D eigenvalue weighted by atomic mass is 10.3. The van der Waals surface area contributed by atoms with E-state index < -0.39 is 10.0 Å². The highest BCUT2D eigenvalue weighted by molar-refractivity contribution is 7.89. The summed E-state index contributed by atoms with van der Waals surface area (Å²) in [6.07, 6.45) is 0. The number of ether oxygens (including phenoxy) is 1. The van der Waals surface area contributed by atoms with Crippen molar-refractivity contribution in [1.82, 2.24) is 4.31 Å². The van der Waals surface area contributed by atoms with Gasteiger partial charge in [-0.25, -0.2) is 8.42 Å². The maximum Gasteiger partial charge on any atom is 0.265 e. The van der Waals surface area contributed by atoms with Crippen LogP contribution in [-0.4, -0.2) is 44.9 Å². The van der Waals surface area contributed by atoms with Crippen LogP contribution in [0, 0.1) is 6.92 Å². The van der Waals surface area contributed by atoms with Crippen molar-refractivity contribution < 1.29 is 17.9 Å². The van der Waals surface area contributed by atoms with Crippen LogP contribution < -0.4 is 5.32 Å². The number of nitrogens with zero attached hydrogens (tertiary/aromatic N) is 1. The zero-order valence-electron chi connectivity index (χ0n) is 13.2. The van der Waals surface area contributed by atoms with Gasteiger partial charge in [0.25, 0.3) is 5.91 Å². The Bertz CT molecular complexity index is 822. The van der Waals surface area contributed by atoms with Gasteiger partial charge in [-0.05, 0) is 43.3 Å². The fourth-order valence-electron chi connectivity index (χ4n) is 2.40. The molecule has 0 atom stereocenters. The van der Waals surface area contributed by atoms with Gasteiger partial charge in [-0.3, -0.25) is 4.79 Å². The lowest BCUT2D eigenvalue weighted by Gasteiger charge is -2.26. The molecule has 2 aromatic rings. The van der Waals surface area contributed by atoms with E-state index in [-0.39, 0.29) is 10.8 Å². The number of anilines is 1. The summed E-state index contributed by atoms with van der Waals surface area (Å²) < 4.78 is 31.7. The number of carbonyl (C=O) groups is 1. The smallest absolute Gasteiger partial charge is 0.265 e. The van der Waals surface area contributed by atoms with Crippen LogP contribution in [0.3, 0.4) is 0 Å². The highest BCUT2D eigenvalue weighted by atomic mass is 32.2. The fraction of sp³-hybridized carbons (Fsp3) is 0.312. The third-order valence-corrected chi connectivity index (χ3v) is 6.60. The number of thiophene rings is 1. The monoisotopic (exact) mass is 366 g/mol. The average molecular weight is 366 g/mol. The summed E-state index contributed by atoms with van der Waals surface area (Å²) in [7, 11) is -3.51. The number of aryl methyl sites for hydroxylation is 1. The van der Waals surface area contributed by atoms with Gasteiger partial charge >= 0.3 is 0 Å². The minimum absolute atomic E-state index is 0.197. The first-order valence-electron chi connectivity index (χ1n) is 7.52. The van der Waals surface area contributed by atoms with E-state index >= 15 is 0 Å². The summed E-state index contributed by atoms with van der Waals surface area (Å²) in [5.74, 6) is -0.197. The standard InChI is InChI=1S/C16H18N2O4S2/c1-12-2-7-15(23-12)16(19)17-13-3-5-14(6-4-13)24(20,21)18-8-10-22-11-9-18/h2-7H,8-11H2,1H3,(H,17,19). The van der Waals surface area contributed by atoms with Gasteiger partial charge in [0, 0.05) is 23.7 Å². The highest BCUT2D eigenvalue weighted by Crippen LogP contribution is 2.21. The Hall–Kier alpha value is -1.74. The van der Waals surface area contributed by atoms with Crippen LogP contribution >= 0.6 is 11.3 Å². The second-order valence-corrected chi connectivity index (χ2v) is 8.63. The number of amides is 1. The molecule has 1 aromatic carbocycles. The van der Waals surface area contributed by atoms with E-state index in [1.54, 1.807) is 18.2 Å². The van der Waals surface area contributed by atoms with Gasteiger partial charge in [0.2, 0.25) is 10.0 Å². The maximum absolute atomic E-state index is 12.5. The molecule has 0 bridgehead atoms. The number of hydrogen-bond acceptors (Lipinski definition) is 5. The van der Waals surface area contributed by atoms with Crippen LogP contribution in [0.2, 0.25) is 0 Å². The number of morpholine rings is 1. The molecule has 6 nitrogen and oxygen atoms in total. The predicted molar refractivity (Wildman–Crippen MR) is 93.0 cm³/mol. The Morgan fingerprint density at radius 1 is 1.12 bits per heavy atom. The van der Waals surface area contributed by atoms with E-state index in [0.29, 0.717) is 36.9 Å². The summed E-state index contributed by atoms with van der Waals surface area (Å²) in [6, 6.07) is 9.89. The van der Waals surface area contributed by atoms with Crippen molar-refractivity contribution in [2.45, 2.75) is 11.8 Å². The molecule has 0 spiro atoms. The first-order chi connectivity index (χ1) is 11.5. The molecule has 3 rings (SSSR count). The second kappa shape index (κ2) is 7.02. The summed E-state index contributed by atoms with van der Waals surface area (Å²) in [4.78, 5) is 14.0. The van der Waals surface area contributed by atoms with Crippen molar-refractivity contribution in [3.8, 4) is 0 Å². The van der Waals surface area contributed by atoms with Gasteiger partial charge in [-0.15, -0.1) is 11.3 Å². The zero-order chi connectivity index (χ0) is 17.2. The molecule has 8 heteroatoms. The minimum Gasteiger partial charge on any atom is -0.379 e. The van der Waals surface area contributed by atoms with Crippen molar-refractivity contribution in [2.75, 3.05) is 31.6 Å². The lowest BCUT2D eigenvalue weighted by Crippen LogP contribution is -2.40. The fourth-order valence-corrected chi connectivity index (χ4v) is 4.57. The molecule has 1 saturated heterocycles. The summed E-state index contributed by atoms with van der Waals surface area (Å²) in [5, 5.41) is 2.77. The molecule has 1 aliphatic heterocycles. The van der Waals surface area contributed by atoms with Crippen LogP contribution in [-0.2, 0) is 14.8 Å². The number of benzene rings is 1. The Kier molecular flexibility index (Phi) is 5.00. The normalized spacial score (nSPS) is 16.0. The molecular weight excluding hydrogens is 348 g/mol. The number of hydrogen-bond donors (Lipinski definition) is 1.